The first-order valence-electron chi connectivity index (χ1n) is 8.20. The number of nitrogens with one attached hydrogen (secondary N) is 2. The van der Waals surface area contributed by atoms with Crippen LogP contribution in [0.3, 0.4) is 0 Å². The van der Waals surface area contributed by atoms with Gasteiger partial charge in [-0.25, -0.2) is 0 Å². The van der Waals surface area contributed by atoms with Crippen LogP contribution in [0, 0.1) is 13.8 Å². The fourth-order valence-electron chi connectivity index (χ4n) is 3.43. The maximum Gasteiger partial charge on any atom is 0.220 e. The molecule has 0 spiro atoms. The number of aromatic amines is 1. The van der Waals surface area contributed by atoms with Crippen molar-refractivity contribution in [3.05, 3.63) is 47.0 Å². The van der Waals surface area contributed by atoms with E-state index >= 15 is 0 Å². The van der Waals surface area contributed by atoms with Crippen molar-refractivity contribution in [2.24, 2.45) is 0 Å². The third-order valence-electron chi connectivity index (χ3n) is 4.94. The minimum Gasteiger partial charge on any atom is -0.355 e. The van der Waals surface area contributed by atoms with E-state index in [4.69, 9.17) is 0 Å². The van der Waals surface area contributed by atoms with Gasteiger partial charge < -0.3 is 5.32 Å². The number of aryl methyl sites for hydroxylation is 2. The summed E-state index contributed by atoms with van der Waals surface area (Å²) in [4.78, 5) is 16.4. The first-order valence-corrected chi connectivity index (χ1v) is 8.20. The second-order valence-electron chi connectivity index (χ2n) is 6.75. The van der Waals surface area contributed by atoms with Crippen LogP contribution in [0.5, 0.6) is 0 Å². The minimum atomic E-state index is 0.109. The molecule has 0 radical (unpaired) electrons. The Bertz CT molecular complexity index is 669. The van der Waals surface area contributed by atoms with Gasteiger partial charge in [-0.05, 0) is 55.9 Å². The van der Waals surface area contributed by atoms with E-state index in [2.05, 4.69) is 39.6 Å². The Morgan fingerprint density at radius 1 is 1.35 bits per heavy atom. The quantitative estimate of drug-likeness (QED) is 0.861. The van der Waals surface area contributed by atoms with Gasteiger partial charge in [0.25, 0.3) is 0 Å². The van der Waals surface area contributed by atoms with Crippen LogP contribution in [0.1, 0.15) is 54.6 Å². The minimum absolute atomic E-state index is 0.109. The van der Waals surface area contributed by atoms with Crippen molar-refractivity contribution in [2.75, 3.05) is 6.54 Å². The number of hydrogen-bond acceptors (Lipinski definition) is 3. The zero-order valence-corrected chi connectivity index (χ0v) is 14.0. The first-order chi connectivity index (χ1) is 11.0. The summed E-state index contributed by atoms with van der Waals surface area (Å²) in [6.45, 7) is 6.79. The van der Waals surface area contributed by atoms with Gasteiger partial charge in [0.05, 0.1) is 5.69 Å². The number of H-pyrrole nitrogens is 1. The summed E-state index contributed by atoms with van der Waals surface area (Å²) in [6, 6.07) is 4.11. The van der Waals surface area contributed by atoms with E-state index in [-0.39, 0.29) is 17.2 Å². The highest BCUT2D eigenvalue weighted by Gasteiger charge is 2.44. The lowest BCUT2D eigenvalue weighted by Crippen LogP contribution is -2.32. The zero-order chi connectivity index (χ0) is 16.4. The van der Waals surface area contributed by atoms with Gasteiger partial charge >= 0.3 is 0 Å². The molecule has 1 aliphatic rings. The number of pyridine rings is 1. The Balaban J connectivity index is 1.56. The van der Waals surface area contributed by atoms with Gasteiger partial charge in [0.1, 0.15) is 0 Å². The molecule has 23 heavy (non-hydrogen) atoms. The summed E-state index contributed by atoms with van der Waals surface area (Å²) >= 11 is 0. The summed E-state index contributed by atoms with van der Waals surface area (Å²) in [5.74, 6) is 0.280. The molecule has 1 aliphatic carbocycles. The molecule has 2 aromatic heterocycles. The highest BCUT2D eigenvalue weighted by molar-refractivity contribution is 5.77. The van der Waals surface area contributed by atoms with Crippen molar-refractivity contribution in [2.45, 2.75) is 51.4 Å². The van der Waals surface area contributed by atoms with Gasteiger partial charge in [-0.15, -0.1) is 0 Å². The maximum absolute atomic E-state index is 12.3. The standard InChI is InChI=1S/C18H24N4O/c1-12(17-13(2)21-22-14(17)3)10-16(23)20-11-18(6-7-18)15-4-8-19-9-5-15/h4-5,8-9,12H,6-7,10-11H2,1-3H3,(H,20,23)(H,21,22)/t12-/m1/s1. The topological polar surface area (TPSA) is 70.7 Å². The Hall–Kier alpha value is -2.17. The van der Waals surface area contributed by atoms with Gasteiger partial charge in [0.2, 0.25) is 5.91 Å². The van der Waals surface area contributed by atoms with Gasteiger partial charge in [0, 0.05) is 36.5 Å². The molecule has 2 heterocycles. The fourth-order valence-corrected chi connectivity index (χ4v) is 3.43. The number of rotatable bonds is 6. The average molecular weight is 312 g/mol. The molecular weight excluding hydrogens is 288 g/mol. The molecule has 2 aromatic rings. The molecule has 0 aromatic carbocycles. The summed E-state index contributed by atoms with van der Waals surface area (Å²) in [5.41, 5.74) is 4.61. The SMILES string of the molecule is Cc1n[nH]c(C)c1[C@H](C)CC(=O)NCC1(c2ccncc2)CC1. The van der Waals surface area contributed by atoms with Crippen molar-refractivity contribution < 1.29 is 4.79 Å². The van der Waals surface area contributed by atoms with E-state index in [1.165, 1.54) is 5.56 Å². The smallest absolute Gasteiger partial charge is 0.220 e. The third kappa shape index (κ3) is 3.28. The third-order valence-corrected chi connectivity index (χ3v) is 4.94. The molecule has 122 valence electrons. The number of carbonyl (C=O) groups excluding carboxylic acids is 1. The summed E-state index contributed by atoms with van der Waals surface area (Å²) in [7, 11) is 0. The van der Waals surface area contributed by atoms with Gasteiger partial charge in [-0.3, -0.25) is 14.9 Å². The molecule has 1 atom stereocenters. The number of nitrogens with zero attached hydrogens (tertiary/aromatic N) is 2. The van der Waals surface area contributed by atoms with Gasteiger partial charge in [-0.2, -0.15) is 5.10 Å². The highest BCUT2D eigenvalue weighted by atomic mass is 16.1. The molecular formula is C18H24N4O. The second-order valence-corrected chi connectivity index (χ2v) is 6.75. The van der Waals surface area contributed by atoms with Crippen LogP contribution in [0.2, 0.25) is 0 Å². The molecule has 3 rings (SSSR count). The van der Waals surface area contributed by atoms with Crippen molar-refractivity contribution in [1.82, 2.24) is 20.5 Å². The molecule has 0 bridgehead atoms. The molecule has 1 amide bonds. The number of amides is 1. The van der Waals surface area contributed by atoms with E-state index in [9.17, 15) is 4.79 Å². The molecule has 0 saturated heterocycles. The van der Waals surface area contributed by atoms with Crippen LogP contribution in [-0.2, 0) is 10.2 Å². The molecule has 5 heteroatoms. The number of hydrogen-bond donors (Lipinski definition) is 2. The van der Waals surface area contributed by atoms with E-state index in [1.54, 1.807) is 0 Å². The number of aromatic nitrogens is 3. The average Bonchev–Trinajstić information content (AvgIpc) is 3.26. The van der Waals surface area contributed by atoms with E-state index in [1.807, 2.05) is 26.2 Å². The largest absolute Gasteiger partial charge is 0.355 e. The zero-order valence-electron chi connectivity index (χ0n) is 14.0. The Morgan fingerprint density at radius 3 is 2.61 bits per heavy atom. The summed E-state index contributed by atoms with van der Waals surface area (Å²) < 4.78 is 0. The first kappa shape index (κ1) is 15.7. The van der Waals surface area contributed by atoms with Crippen molar-refractivity contribution in [3.63, 3.8) is 0 Å². The van der Waals surface area contributed by atoms with Crippen LogP contribution >= 0.6 is 0 Å². The lowest BCUT2D eigenvalue weighted by atomic mass is 9.94. The number of carbonyl (C=O) groups is 1. The van der Waals surface area contributed by atoms with Crippen LogP contribution in [0.15, 0.2) is 24.5 Å². The molecule has 0 unspecified atom stereocenters. The predicted octanol–water partition coefficient (Wildman–Crippen LogP) is 2.76. The fraction of sp³-hybridized carbons (Fsp3) is 0.500. The Labute approximate surface area is 136 Å². The predicted molar refractivity (Wildman–Crippen MR) is 89.3 cm³/mol. The lowest BCUT2D eigenvalue weighted by molar-refractivity contribution is -0.121. The Kier molecular flexibility index (Phi) is 4.20. The molecule has 1 fully saturated rings. The van der Waals surface area contributed by atoms with E-state index < -0.39 is 0 Å². The van der Waals surface area contributed by atoms with E-state index in [0.29, 0.717) is 13.0 Å². The van der Waals surface area contributed by atoms with E-state index in [0.717, 1.165) is 29.8 Å². The van der Waals surface area contributed by atoms with Crippen molar-refractivity contribution in [3.8, 4) is 0 Å². The van der Waals surface area contributed by atoms with Crippen molar-refractivity contribution in [1.29, 1.82) is 0 Å². The highest BCUT2D eigenvalue weighted by Crippen LogP contribution is 2.47. The van der Waals surface area contributed by atoms with Crippen LogP contribution < -0.4 is 5.32 Å². The lowest BCUT2D eigenvalue weighted by Gasteiger charge is -2.18. The molecule has 2 N–H and O–H groups in total. The van der Waals surface area contributed by atoms with Crippen LogP contribution in [0.25, 0.3) is 0 Å². The second kappa shape index (κ2) is 6.14. The maximum atomic E-state index is 12.3. The van der Waals surface area contributed by atoms with Crippen LogP contribution in [0.4, 0.5) is 0 Å². The monoisotopic (exact) mass is 312 g/mol. The summed E-state index contributed by atoms with van der Waals surface area (Å²) in [5, 5.41) is 10.3. The summed E-state index contributed by atoms with van der Waals surface area (Å²) in [6.07, 6.45) is 6.40. The Morgan fingerprint density at radius 2 is 2.04 bits per heavy atom. The normalized spacial score (nSPS) is 16.8. The van der Waals surface area contributed by atoms with Crippen LogP contribution in [-0.4, -0.2) is 27.6 Å². The molecule has 1 saturated carbocycles. The van der Waals surface area contributed by atoms with Gasteiger partial charge in [-0.1, -0.05) is 6.92 Å². The van der Waals surface area contributed by atoms with Crippen molar-refractivity contribution >= 4 is 5.91 Å². The molecule has 0 aliphatic heterocycles. The van der Waals surface area contributed by atoms with Gasteiger partial charge in [0.15, 0.2) is 0 Å². The molecule has 5 nitrogen and oxygen atoms in total.